The molecular formula is C29H44N2O3. The van der Waals surface area contributed by atoms with E-state index in [9.17, 15) is 9.59 Å². The molecule has 2 aliphatic heterocycles. The number of piperidine rings is 1. The average Bonchev–Trinajstić information content (AvgIpc) is 2.80. The summed E-state index contributed by atoms with van der Waals surface area (Å²) < 4.78 is 5.49. The zero-order valence-corrected chi connectivity index (χ0v) is 21.9. The molecule has 0 N–H and O–H groups in total. The minimum absolute atomic E-state index is 0.206. The number of hydrogen-bond donors (Lipinski definition) is 0. The Labute approximate surface area is 206 Å². The highest BCUT2D eigenvalue weighted by Crippen LogP contribution is 2.44. The van der Waals surface area contributed by atoms with Gasteiger partial charge in [-0.3, -0.25) is 9.59 Å². The Hall–Kier alpha value is -1.88. The first-order valence-corrected chi connectivity index (χ1v) is 13.4. The van der Waals surface area contributed by atoms with Crippen molar-refractivity contribution in [3.63, 3.8) is 0 Å². The molecular weight excluding hydrogens is 424 g/mol. The number of rotatable bonds is 5. The number of ether oxygens (including phenoxy) is 1. The maximum atomic E-state index is 13.9. The van der Waals surface area contributed by atoms with Crippen LogP contribution in [0.5, 0.6) is 0 Å². The monoisotopic (exact) mass is 468 g/mol. The van der Waals surface area contributed by atoms with Gasteiger partial charge in [0.05, 0.1) is 11.8 Å². The van der Waals surface area contributed by atoms with Gasteiger partial charge in [0.25, 0.3) is 0 Å². The van der Waals surface area contributed by atoms with Crippen LogP contribution >= 0.6 is 0 Å². The van der Waals surface area contributed by atoms with E-state index in [1.165, 1.54) is 36.8 Å². The summed E-state index contributed by atoms with van der Waals surface area (Å²) in [5.74, 6) is 1.63. The van der Waals surface area contributed by atoms with Crippen molar-refractivity contribution >= 4 is 11.9 Å². The first-order chi connectivity index (χ1) is 16.1. The van der Waals surface area contributed by atoms with Crippen molar-refractivity contribution in [1.82, 2.24) is 9.80 Å². The fourth-order valence-electron chi connectivity index (χ4n) is 6.51. The number of esters is 1. The van der Waals surface area contributed by atoms with Crippen LogP contribution in [0.25, 0.3) is 0 Å². The van der Waals surface area contributed by atoms with Crippen molar-refractivity contribution in [3.05, 3.63) is 35.4 Å². The van der Waals surface area contributed by atoms with Crippen LogP contribution in [0.15, 0.2) is 24.3 Å². The Bertz CT molecular complexity index is 872. The van der Waals surface area contributed by atoms with Crippen LogP contribution in [0.3, 0.4) is 0 Å². The molecule has 5 nitrogen and oxygen atoms in total. The first-order valence-electron chi connectivity index (χ1n) is 13.4. The molecule has 2 heterocycles. The second-order valence-corrected chi connectivity index (χ2v) is 12.2. The standard InChI is InChI=1S/C29H44N2O3/c1-21(2)22-10-12-24(13-11-22)30-18-15-29(16-19-30)25-9-7-6-8-23(25)20-31(27(29)33)17-14-26(32)34-28(3,4)5/h6-9,21-22,24H,10-20H2,1-5H3/t22-,24+. The highest BCUT2D eigenvalue weighted by Gasteiger charge is 2.49. The van der Waals surface area contributed by atoms with E-state index in [0.29, 0.717) is 19.1 Å². The zero-order chi connectivity index (χ0) is 24.5. The number of likely N-dealkylation sites (tertiary alicyclic amines) is 1. The van der Waals surface area contributed by atoms with Gasteiger partial charge < -0.3 is 14.5 Å². The lowest BCUT2D eigenvalue weighted by Gasteiger charge is -2.49. The van der Waals surface area contributed by atoms with Crippen molar-refractivity contribution in [1.29, 1.82) is 0 Å². The first kappa shape index (κ1) is 25.2. The number of carbonyl (C=O) groups excluding carboxylic acids is 2. The lowest BCUT2D eigenvalue weighted by atomic mass is 9.67. The van der Waals surface area contributed by atoms with Gasteiger partial charge in [0.2, 0.25) is 5.91 Å². The maximum Gasteiger partial charge on any atom is 0.308 e. The molecule has 0 bridgehead atoms. The molecule has 0 aromatic heterocycles. The Morgan fingerprint density at radius 1 is 1.09 bits per heavy atom. The third-order valence-corrected chi connectivity index (χ3v) is 8.45. The van der Waals surface area contributed by atoms with E-state index in [1.54, 1.807) is 0 Å². The molecule has 1 amide bonds. The highest BCUT2D eigenvalue weighted by molar-refractivity contribution is 5.91. The molecule has 0 unspecified atom stereocenters. The van der Waals surface area contributed by atoms with Crippen LogP contribution in [-0.2, 0) is 26.3 Å². The van der Waals surface area contributed by atoms with Gasteiger partial charge in [-0.1, -0.05) is 38.1 Å². The van der Waals surface area contributed by atoms with Gasteiger partial charge in [-0.15, -0.1) is 0 Å². The van der Waals surface area contributed by atoms with Gasteiger partial charge in [0, 0.05) is 19.1 Å². The predicted octanol–water partition coefficient (Wildman–Crippen LogP) is 5.31. The summed E-state index contributed by atoms with van der Waals surface area (Å²) >= 11 is 0. The molecule has 0 atom stereocenters. The molecule has 5 heteroatoms. The third-order valence-electron chi connectivity index (χ3n) is 8.45. The summed E-state index contributed by atoms with van der Waals surface area (Å²) in [4.78, 5) is 30.8. The van der Waals surface area contributed by atoms with Gasteiger partial charge >= 0.3 is 5.97 Å². The summed E-state index contributed by atoms with van der Waals surface area (Å²) in [6.07, 6.45) is 7.25. The lowest BCUT2D eigenvalue weighted by molar-refractivity contribution is -0.156. The number of amides is 1. The molecule has 2 fully saturated rings. The maximum absolute atomic E-state index is 13.9. The van der Waals surface area contributed by atoms with Crippen molar-refractivity contribution < 1.29 is 14.3 Å². The second kappa shape index (κ2) is 10.0. The quantitative estimate of drug-likeness (QED) is 0.550. The zero-order valence-electron chi connectivity index (χ0n) is 21.9. The summed E-state index contributed by atoms with van der Waals surface area (Å²) in [6.45, 7) is 13.3. The predicted molar refractivity (Wildman–Crippen MR) is 135 cm³/mol. The summed E-state index contributed by atoms with van der Waals surface area (Å²) in [6, 6.07) is 9.14. The summed E-state index contributed by atoms with van der Waals surface area (Å²) in [5, 5.41) is 0. The Morgan fingerprint density at radius 3 is 2.35 bits per heavy atom. The molecule has 1 aliphatic carbocycles. The van der Waals surface area contributed by atoms with Crippen LogP contribution < -0.4 is 0 Å². The molecule has 3 aliphatic rings. The highest BCUT2D eigenvalue weighted by atomic mass is 16.6. The molecule has 34 heavy (non-hydrogen) atoms. The minimum atomic E-state index is -0.502. The van der Waals surface area contributed by atoms with Crippen LogP contribution in [0.1, 0.15) is 90.7 Å². The smallest absolute Gasteiger partial charge is 0.308 e. The molecule has 188 valence electrons. The average molecular weight is 469 g/mol. The van der Waals surface area contributed by atoms with Gasteiger partial charge in [0.15, 0.2) is 0 Å². The molecule has 1 saturated carbocycles. The molecule has 1 saturated heterocycles. The molecule has 1 aromatic carbocycles. The second-order valence-electron chi connectivity index (χ2n) is 12.2. The Kier molecular flexibility index (Phi) is 7.42. The van der Waals surface area contributed by atoms with E-state index in [4.69, 9.17) is 4.74 Å². The van der Waals surface area contributed by atoms with Crippen molar-refractivity contribution in [3.8, 4) is 0 Å². The number of benzene rings is 1. The third kappa shape index (κ3) is 5.35. The van der Waals surface area contributed by atoms with E-state index in [0.717, 1.165) is 37.8 Å². The van der Waals surface area contributed by atoms with E-state index < -0.39 is 11.0 Å². The van der Waals surface area contributed by atoms with Crippen LogP contribution in [-0.4, -0.2) is 53.0 Å². The fraction of sp³-hybridized carbons (Fsp3) is 0.724. The van der Waals surface area contributed by atoms with Crippen LogP contribution in [0.4, 0.5) is 0 Å². The lowest BCUT2D eigenvalue weighted by Crippen LogP contribution is -2.57. The molecule has 1 aromatic rings. The number of fused-ring (bicyclic) bond motifs is 2. The number of carbonyl (C=O) groups is 2. The topological polar surface area (TPSA) is 49.9 Å². The van der Waals surface area contributed by atoms with E-state index >= 15 is 0 Å². The summed E-state index contributed by atoms with van der Waals surface area (Å²) in [5.41, 5.74) is 1.50. The van der Waals surface area contributed by atoms with Crippen LogP contribution in [0.2, 0.25) is 0 Å². The fourth-order valence-corrected chi connectivity index (χ4v) is 6.51. The Morgan fingerprint density at radius 2 is 1.74 bits per heavy atom. The largest absolute Gasteiger partial charge is 0.460 e. The molecule has 0 radical (unpaired) electrons. The summed E-state index contributed by atoms with van der Waals surface area (Å²) in [7, 11) is 0. The van der Waals surface area contributed by atoms with Gasteiger partial charge in [-0.2, -0.15) is 0 Å². The van der Waals surface area contributed by atoms with Gasteiger partial charge in [0.1, 0.15) is 5.60 Å². The number of nitrogens with zero attached hydrogens (tertiary/aromatic N) is 2. The molecule has 4 rings (SSSR count). The molecule has 1 spiro atoms. The Balaban J connectivity index is 1.44. The van der Waals surface area contributed by atoms with E-state index in [-0.39, 0.29) is 18.3 Å². The number of hydrogen-bond acceptors (Lipinski definition) is 4. The minimum Gasteiger partial charge on any atom is -0.460 e. The normalized spacial score (nSPS) is 25.5. The van der Waals surface area contributed by atoms with Gasteiger partial charge in [-0.25, -0.2) is 0 Å². The van der Waals surface area contributed by atoms with E-state index in [1.807, 2.05) is 25.7 Å². The van der Waals surface area contributed by atoms with Crippen molar-refractivity contribution in [2.24, 2.45) is 11.8 Å². The van der Waals surface area contributed by atoms with Crippen molar-refractivity contribution in [2.45, 2.75) is 103 Å². The van der Waals surface area contributed by atoms with Gasteiger partial charge in [-0.05, 0) is 95.3 Å². The van der Waals surface area contributed by atoms with Crippen molar-refractivity contribution in [2.75, 3.05) is 19.6 Å². The van der Waals surface area contributed by atoms with E-state index in [2.05, 4.69) is 43.0 Å². The van der Waals surface area contributed by atoms with Crippen LogP contribution in [0, 0.1) is 11.8 Å². The SMILES string of the molecule is CC(C)[C@H]1CC[C@@H](N2CCC3(CC2)C(=O)N(CCC(=O)OC(C)(C)C)Cc2ccccc23)CC1.